The van der Waals surface area contributed by atoms with Gasteiger partial charge in [-0.25, -0.2) is 0 Å². The van der Waals surface area contributed by atoms with Crippen LogP contribution in [0.4, 0.5) is 32.5 Å². The molecule has 9 rings (SSSR count). The first-order chi connectivity index (χ1) is 36.7. The van der Waals surface area contributed by atoms with E-state index >= 15 is 8.90 Å². The number of hydrogen-bond donors (Lipinski definition) is 5. The fourth-order valence-electron chi connectivity index (χ4n) is 12.6. The van der Waals surface area contributed by atoms with Gasteiger partial charge in [0.05, 0.1) is 74.1 Å². The Labute approximate surface area is 446 Å². The van der Waals surface area contributed by atoms with Crippen molar-refractivity contribution >= 4 is 60.5 Å². The van der Waals surface area contributed by atoms with Crippen molar-refractivity contribution in [1.82, 2.24) is 15.5 Å². The lowest BCUT2D eigenvalue weighted by molar-refractivity contribution is -0.150. The van der Waals surface area contributed by atoms with E-state index in [0.717, 1.165) is 23.2 Å². The number of aliphatic hydroxyl groups excluding tert-OH is 3. The number of unbranched alkanes of at least 4 members (excludes halogenated alkanes) is 2. The van der Waals surface area contributed by atoms with Crippen LogP contribution in [0.25, 0.3) is 0 Å². The Morgan fingerprint density at radius 1 is 0.776 bits per heavy atom. The minimum atomic E-state index is -3.73. The Morgan fingerprint density at radius 2 is 1.36 bits per heavy atom. The summed E-state index contributed by atoms with van der Waals surface area (Å²) in [5, 5.41) is 36.0. The van der Waals surface area contributed by atoms with Gasteiger partial charge >= 0.3 is 0 Å². The third-order valence-electron chi connectivity index (χ3n) is 16.0. The number of nitrogens with one attached hydrogen (secondary N) is 2. The summed E-state index contributed by atoms with van der Waals surface area (Å²) in [5.41, 5.74) is 3.37. The molecule has 5 heterocycles. The second kappa shape index (κ2) is 23.5. The molecular formula is C58H75FN6O10Si. The van der Waals surface area contributed by atoms with Crippen LogP contribution in [-0.4, -0.2) is 129 Å². The van der Waals surface area contributed by atoms with E-state index in [0.29, 0.717) is 123 Å². The lowest BCUT2D eigenvalue weighted by atomic mass is 9.82. The Balaban J connectivity index is 1.13. The number of rotatable bonds is 22. The summed E-state index contributed by atoms with van der Waals surface area (Å²) < 4.78 is 36.1. The maximum atomic E-state index is 17.2. The molecule has 7 atom stereocenters. The summed E-state index contributed by atoms with van der Waals surface area (Å²) in [6, 6.07) is 22.9. The van der Waals surface area contributed by atoms with Gasteiger partial charge in [-0.3, -0.25) is 29.0 Å². The summed E-state index contributed by atoms with van der Waals surface area (Å²) in [4.78, 5) is 66.3. The summed E-state index contributed by atoms with van der Waals surface area (Å²) in [6.07, 6.45) is 3.66. The van der Waals surface area contributed by atoms with Crippen molar-refractivity contribution in [2.75, 3.05) is 67.4 Å². The second-order valence-corrected chi connectivity index (χ2v) is 25.2. The van der Waals surface area contributed by atoms with Gasteiger partial charge < -0.3 is 54.1 Å². The zero-order valence-electron chi connectivity index (χ0n) is 44.6. The maximum Gasteiger partial charge on any atom is 0.264 e. The number of likely N-dealkylation sites (tertiary alicyclic amines) is 1. The van der Waals surface area contributed by atoms with Gasteiger partial charge in [0.25, 0.3) is 5.91 Å². The molecule has 2 unspecified atom stereocenters. The van der Waals surface area contributed by atoms with Gasteiger partial charge in [-0.2, -0.15) is 0 Å². The highest BCUT2D eigenvalue weighted by molar-refractivity contribution is 6.72. The van der Waals surface area contributed by atoms with Gasteiger partial charge in [0.15, 0.2) is 5.60 Å². The smallest absolute Gasteiger partial charge is 0.264 e. The average Bonchev–Trinajstić information content (AvgIpc) is 4.29. The Bertz CT molecular complexity index is 2780. The number of ether oxygens (including phenoxy) is 3. The average molecular weight is 1060 g/mol. The van der Waals surface area contributed by atoms with Crippen LogP contribution in [0.5, 0.6) is 11.5 Å². The largest absolute Gasteiger partial charge is 0.494 e. The van der Waals surface area contributed by atoms with Gasteiger partial charge in [-0.05, 0) is 175 Å². The first-order valence-electron chi connectivity index (χ1n) is 27.4. The first kappa shape index (κ1) is 55.0. The van der Waals surface area contributed by atoms with Crippen LogP contribution in [-0.2, 0) is 48.9 Å². The second-order valence-electron chi connectivity index (χ2n) is 21.4. The minimum Gasteiger partial charge on any atom is -0.494 e. The molecule has 16 nitrogen and oxygen atoms in total. The quantitative estimate of drug-likeness (QED) is 0.0306. The topological polar surface area (TPSA) is 194 Å². The number of hydrogen-bond acceptors (Lipinski definition) is 12. The number of amides is 4. The molecule has 5 aliphatic rings. The molecule has 18 heteroatoms. The van der Waals surface area contributed by atoms with Crippen molar-refractivity contribution in [2.45, 2.75) is 134 Å². The van der Waals surface area contributed by atoms with E-state index in [1.807, 2.05) is 99.6 Å². The number of anilines is 5. The first-order valence-corrected chi connectivity index (χ1v) is 30.3. The van der Waals surface area contributed by atoms with Crippen LogP contribution < -0.4 is 34.8 Å². The molecule has 0 saturated carbocycles. The summed E-state index contributed by atoms with van der Waals surface area (Å²) >= 11 is 0. The molecule has 2 fully saturated rings. The van der Waals surface area contributed by atoms with E-state index < -0.39 is 49.6 Å². The monoisotopic (exact) mass is 1060 g/mol. The molecule has 0 aliphatic carbocycles. The molecule has 5 N–H and O–H groups in total. The van der Waals surface area contributed by atoms with Crippen LogP contribution in [0, 0.1) is 5.92 Å². The third kappa shape index (κ3) is 10.7. The number of fused-ring (bicyclic) bond motifs is 4. The molecular weight excluding hydrogens is 988 g/mol. The van der Waals surface area contributed by atoms with Gasteiger partial charge in [0.2, 0.25) is 26.1 Å². The number of benzene rings is 4. The summed E-state index contributed by atoms with van der Waals surface area (Å²) in [6.45, 7) is 11.3. The van der Waals surface area contributed by atoms with E-state index in [2.05, 4.69) is 10.6 Å². The van der Waals surface area contributed by atoms with Crippen molar-refractivity contribution in [3.63, 3.8) is 0 Å². The number of nitrogens with zero attached hydrogens (tertiary/aromatic N) is 4. The molecule has 0 aromatic heterocycles. The van der Waals surface area contributed by atoms with Crippen LogP contribution in [0.1, 0.15) is 88.0 Å². The van der Waals surface area contributed by atoms with E-state index in [-0.39, 0.29) is 56.5 Å². The molecule has 4 aromatic carbocycles. The lowest BCUT2D eigenvalue weighted by Crippen LogP contribution is -2.49. The zero-order chi connectivity index (χ0) is 53.9. The Morgan fingerprint density at radius 3 is 1.91 bits per heavy atom. The molecule has 5 aliphatic heterocycles. The molecule has 4 aromatic rings. The number of halogens is 1. The summed E-state index contributed by atoms with van der Waals surface area (Å²) in [5.74, 6) is -0.423. The SMILES string of the molecule is CCOc1ccc2c(c1)CC(NCCCCO)C(=O)N2c1cccc(CN2C(=O)[C@@]3(O[C@@H](CC(=O)N4CCC[C@H]4CO)[C@H]([Si](C)(C)F)[C@H]3C)c3cc(N4C(=O)C(NCCCCO)Cc5cc(OCC)ccc54)ccc32)c1. The van der Waals surface area contributed by atoms with Gasteiger partial charge in [0, 0.05) is 48.2 Å². The Kier molecular flexibility index (Phi) is 17.0. The number of carbonyl (C=O) groups excluding carboxylic acids is 4. The van der Waals surface area contributed by atoms with Crippen LogP contribution in [0.2, 0.25) is 18.6 Å². The number of aliphatic hydroxyl groups is 3. The molecule has 76 heavy (non-hydrogen) atoms. The van der Waals surface area contributed by atoms with Crippen molar-refractivity contribution in [2.24, 2.45) is 5.92 Å². The van der Waals surface area contributed by atoms with Crippen LogP contribution in [0.15, 0.2) is 78.9 Å². The van der Waals surface area contributed by atoms with Crippen LogP contribution in [0.3, 0.4) is 0 Å². The van der Waals surface area contributed by atoms with Crippen molar-refractivity contribution < 1.29 is 52.8 Å². The molecule has 0 bridgehead atoms. The highest BCUT2D eigenvalue weighted by Gasteiger charge is 2.67. The highest BCUT2D eigenvalue weighted by atomic mass is 28.4. The third-order valence-corrected chi connectivity index (χ3v) is 18.5. The van der Waals surface area contributed by atoms with Crippen molar-refractivity contribution in [3.8, 4) is 11.5 Å². The van der Waals surface area contributed by atoms with E-state index in [1.54, 1.807) is 32.7 Å². The van der Waals surface area contributed by atoms with Gasteiger partial charge in [0.1, 0.15) is 11.5 Å². The van der Waals surface area contributed by atoms with Gasteiger partial charge in [-0.1, -0.05) is 19.1 Å². The molecule has 1 spiro atoms. The minimum absolute atomic E-state index is 0.0407. The van der Waals surface area contributed by atoms with Crippen molar-refractivity contribution in [3.05, 3.63) is 101 Å². The summed E-state index contributed by atoms with van der Waals surface area (Å²) in [7, 11) is -3.73. The normalized spacial score (nSPS) is 24.1. The van der Waals surface area contributed by atoms with Crippen LogP contribution >= 0.6 is 0 Å². The highest BCUT2D eigenvalue weighted by Crippen LogP contribution is 2.61. The zero-order valence-corrected chi connectivity index (χ0v) is 45.6. The fraction of sp³-hybridized carbons (Fsp3) is 0.517. The predicted octanol–water partition coefficient (Wildman–Crippen LogP) is 7.08. The standard InChI is InChI=1S/C58H75FN6O10Si/c1-6-73-44-18-21-49-39(29-44)31-47(60-23-8-10-26-66)55(70)64(49)41-15-12-14-38(28-41)35-63-51-20-17-42(65-50-22-19-45(74-7-2)30-40(50)32-48(56(65)71)61-24-9-11-27-67)33-46(51)58(57(63)72)37(3)54(76(4,5)59)52(75-58)34-53(69)62-25-13-16-43(62)36-68/h12,14-15,17-22,28-30,33,37,43,47-48,52,54,60-61,66-68H,6-11,13,16,23-27,31-32,34-36H2,1-5H3/t37-,43+,47?,48?,52+,54-,58+/m1/s1. The molecule has 2 saturated heterocycles. The fourth-order valence-corrected chi connectivity index (χ4v) is 15.1. The lowest BCUT2D eigenvalue weighted by Gasteiger charge is -2.36. The Hall–Kier alpha value is -5.73. The number of carbonyl (C=O) groups is 4. The van der Waals surface area contributed by atoms with E-state index in [9.17, 15) is 29.7 Å². The maximum absolute atomic E-state index is 17.2. The van der Waals surface area contributed by atoms with E-state index in [4.69, 9.17) is 14.2 Å². The van der Waals surface area contributed by atoms with Gasteiger partial charge in [-0.15, -0.1) is 0 Å². The predicted molar refractivity (Wildman–Crippen MR) is 292 cm³/mol. The van der Waals surface area contributed by atoms with Crippen molar-refractivity contribution in [1.29, 1.82) is 0 Å². The van der Waals surface area contributed by atoms with E-state index in [1.165, 1.54) is 0 Å². The molecule has 4 amide bonds. The molecule has 408 valence electrons. The molecule has 0 radical (unpaired) electrons.